The molecule has 0 N–H and O–H groups in total. The van der Waals surface area contributed by atoms with Gasteiger partial charge in [-0.15, -0.1) is 0 Å². The molecule has 1 saturated heterocycles. The summed E-state index contributed by atoms with van der Waals surface area (Å²) >= 11 is 1.32. The Balaban J connectivity index is 1.65. The van der Waals surface area contributed by atoms with E-state index in [2.05, 4.69) is 26.0 Å². The lowest BCUT2D eigenvalue weighted by molar-refractivity contribution is -0.145. The highest BCUT2D eigenvalue weighted by Gasteiger charge is 2.34. The summed E-state index contributed by atoms with van der Waals surface area (Å²) in [6.07, 6.45) is 3.67. The van der Waals surface area contributed by atoms with Crippen LogP contribution >= 0.6 is 11.8 Å². The first-order valence-corrected chi connectivity index (χ1v) is 13.7. The number of methoxy groups -OCH3 is 1. The molecular formula is C31H32N2O5S. The number of aliphatic imine (C=N–C) groups is 1. The van der Waals surface area contributed by atoms with Crippen LogP contribution in [0.25, 0.3) is 6.08 Å². The van der Waals surface area contributed by atoms with Gasteiger partial charge in [-0.25, -0.2) is 9.79 Å². The Morgan fingerprint density at radius 1 is 0.923 bits per heavy atom. The fraction of sp³-hybridized carbons (Fsp3) is 0.258. The second-order valence-electron chi connectivity index (χ2n) is 8.69. The van der Waals surface area contributed by atoms with Crippen molar-refractivity contribution < 1.29 is 23.8 Å². The topological polar surface area (TPSA) is 77.4 Å². The fourth-order valence-electron chi connectivity index (χ4n) is 3.96. The van der Waals surface area contributed by atoms with E-state index < -0.39 is 5.97 Å². The molecule has 1 aliphatic rings. The van der Waals surface area contributed by atoms with Crippen molar-refractivity contribution in [3.05, 3.63) is 88.3 Å². The number of aryl methyl sites for hydroxylation is 2. The van der Waals surface area contributed by atoms with E-state index in [1.807, 2.05) is 42.5 Å². The molecule has 3 aromatic carbocycles. The van der Waals surface area contributed by atoms with Crippen LogP contribution in [0.4, 0.5) is 11.4 Å². The maximum Gasteiger partial charge on any atom is 0.344 e. The smallest absolute Gasteiger partial charge is 0.344 e. The molecule has 0 bridgehead atoms. The summed E-state index contributed by atoms with van der Waals surface area (Å²) in [6.45, 7) is 6.01. The van der Waals surface area contributed by atoms with Crippen LogP contribution in [0.15, 0.2) is 76.6 Å². The van der Waals surface area contributed by atoms with Gasteiger partial charge in [0.15, 0.2) is 23.3 Å². The molecule has 0 unspecified atom stereocenters. The number of anilines is 1. The zero-order valence-corrected chi connectivity index (χ0v) is 23.4. The Labute approximate surface area is 233 Å². The molecule has 1 fully saturated rings. The van der Waals surface area contributed by atoms with Gasteiger partial charge in [0.2, 0.25) is 0 Å². The van der Waals surface area contributed by atoms with E-state index >= 15 is 0 Å². The van der Waals surface area contributed by atoms with E-state index in [9.17, 15) is 9.59 Å². The average molecular weight is 545 g/mol. The third-order valence-electron chi connectivity index (χ3n) is 6.11. The summed E-state index contributed by atoms with van der Waals surface area (Å²) in [4.78, 5) is 32.4. The minimum absolute atomic E-state index is 0.158. The van der Waals surface area contributed by atoms with Crippen LogP contribution < -0.4 is 14.4 Å². The number of amidine groups is 1. The monoisotopic (exact) mass is 544 g/mol. The Hall–Kier alpha value is -4.04. The highest BCUT2D eigenvalue weighted by molar-refractivity contribution is 8.19. The van der Waals surface area contributed by atoms with Crippen molar-refractivity contribution in [2.45, 2.75) is 33.6 Å². The second-order valence-corrected chi connectivity index (χ2v) is 9.70. The Morgan fingerprint density at radius 3 is 2.21 bits per heavy atom. The zero-order valence-electron chi connectivity index (χ0n) is 22.6. The summed E-state index contributed by atoms with van der Waals surface area (Å²) in [5.41, 5.74) is 4.71. The van der Waals surface area contributed by atoms with Gasteiger partial charge in [-0.1, -0.05) is 44.2 Å². The first-order valence-electron chi connectivity index (χ1n) is 12.9. The van der Waals surface area contributed by atoms with E-state index in [1.165, 1.54) is 30.0 Å². The summed E-state index contributed by atoms with van der Waals surface area (Å²) in [6, 6.07) is 21.3. The molecular weight excluding hydrogens is 512 g/mol. The maximum atomic E-state index is 13.7. The first-order chi connectivity index (χ1) is 18.9. The van der Waals surface area contributed by atoms with Gasteiger partial charge in [0.1, 0.15) is 0 Å². The molecule has 1 amide bonds. The molecule has 3 aromatic rings. The molecule has 0 radical (unpaired) electrons. The molecule has 8 heteroatoms. The number of esters is 1. The molecule has 0 aromatic heterocycles. The number of amides is 1. The molecule has 0 atom stereocenters. The highest BCUT2D eigenvalue weighted by Crippen LogP contribution is 2.38. The number of rotatable bonds is 10. The third-order valence-corrected chi connectivity index (χ3v) is 7.08. The number of carbonyl (C=O) groups excluding carboxylic acids is 2. The number of benzene rings is 3. The van der Waals surface area contributed by atoms with E-state index in [-0.39, 0.29) is 19.1 Å². The lowest BCUT2D eigenvalue weighted by Gasteiger charge is -2.16. The normalized spacial score (nSPS) is 15.2. The van der Waals surface area contributed by atoms with E-state index in [4.69, 9.17) is 19.2 Å². The molecule has 0 aliphatic carbocycles. The molecule has 39 heavy (non-hydrogen) atoms. The van der Waals surface area contributed by atoms with Gasteiger partial charge in [0.05, 0.1) is 30.0 Å². The third kappa shape index (κ3) is 6.89. The summed E-state index contributed by atoms with van der Waals surface area (Å²) in [5.74, 6) is 0.242. The molecule has 1 aliphatic heterocycles. The zero-order chi connectivity index (χ0) is 27.8. The minimum atomic E-state index is -0.457. The lowest BCUT2D eigenvalue weighted by Crippen LogP contribution is -2.28. The van der Waals surface area contributed by atoms with Crippen molar-refractivity contribution in [1.82, 2.24) is 0 Å². The first kappa shape index (κ1) is 28.0. The van der Waals surface area contributed by atoms with E-state index in [0.717, 1.165) is 29.8 Å². The van der Waals surface area contributed by atoms with Gasteiger partial charge in [-0.2, -0.15) is 0 Å². The van der Waals surface area contributed by atoms with Crippen LogP contribution in [0.3, 0.4) is 0 Å². The summed E-state index contributed by atoms with van der Waals surface area (Å²) in [5, 5.41) is 0.584. The van der Waals surface area contributed by atoms with Crippen molar-refractivity contribution in [1.29, 1.82) is 0 Å². The molecule has 0 spiro atoms. The number of hydrogen-bond donors (Lipinski definition) is 0. The van der Waals surface area contributed by atoms with Crippen molar-refractivity contribution in [3.8, 4) is 11.5 Å². The lowest BCUT2D eigenvalue weighted by atomic mass is 10.1. The Bertz CT molecular complexity index is 1380. The summed E-state index contributed by atoms with van der Waals surface area (Å²) in [7, 11) is 1.52. The average Bonchev–Trinajstić information content (AvgIpc) is 3.26. The Kier molecular flexibility index (Phi) is 9.44. The standard InChI is InChI=1S/C31H32N2O5S/c1-5-21-8-13-24(14-9-21)32-31-33(25-15-10-22(6-2)11-16-25)30(35)28(39-31)19-23-12-17-26(27(18-23)36-4)38-20-29(34)37-7-3/h8-19H,5-7,20H2,1-4H3/b28-19-,32-31?. The fourth-order valence-corrected chi connectivity index (χ4v) is 4.96. The second kappa shape index (κ2) is 13.2. The van der Waals surface area contributed by atoms with Crippen molar-refractivity contribution >= 4 is 46.3 Å². The highest BCUT2D eigenvalue weighted by atomic mass is 32.2. The van der Waals surface area contributed by atoms with Gasteiger partial charge < -0.3 is 14.2 Å². The molecule has 4 rings (SSSR count). The SMILES string of the molecule is CCOC(=O)COc1ccc(/C=C2\SC(=Nc3ccc(CC)cc3)N(c3ccc(CC)cc3)C2=O)cc1OC. The van der Waals surface area contributed by atoms with Gasteiger partial charge in [0, 0.05) is 0 Å². The van der Waals surface area contributed by atoms with Gasteiger partial charge in [-0.3, -0.25) is 9.69 Å². The predicted octanol–water partition coefficient (Wildman–Crippen LogP) is 6.57. The van der Waals surface area contributed by atoms with Crippen molar-refractivity contribution in [2.24, 2.45) is 4.99 Å². The number of nitrogens with zero attached hydrogens (tertiary/aromatic N) is 2. The number of thioether (sulfide) groups is 1. The quantitative estimate of drug-likeness (QED) is 0.212. The number of carbonyl (C=O) groups is 2. The van der Waals surface area contributed by atoms with E-state index in [0.29, 0.717) is 21.6 Å². The van der Waals surface area contributed by atoms with E-state index in [1.54, 1.807) is 30.0 Å². The molecule has 7 nitrogen and oxygen atoms in total. The van der Waals surface area contributed by atoms with Crippen LogP contribution in [0.2, 0.25) is 0 Å². The van der Waals surface area contributed by atoms with Crippen LogP contribution in [0.1, 0.15) is 37.5 Å². The van der Waals surface area contributed by atoms with Crippen LogP contribution in [0.5, 0.6) is 11.5 Å². The van der Waals surface area contributed by atoms with Crippen molar-refractivity contribution in [2.75, 3.05) is 25.2 Å². The molecule has 0 saturated carbocycles. The maximum absolute atomic E-state index is 13.7. The molecule has 202 valence electrons. The van der Waals surface area contributed by atoms with Crippen LogP contribution in [-0.4, -0.2) is 37.4 Å². The van der Waals surface area contributed by atoms with Crippen molar-refractivity contribution in [3.63, 3.8) is 0 Å². The molecule has 1 heterocycles. The Morgan fingerprint density at radius 2 is 1.59 bits per heavy atom. The van der Waals surface area contributed by atoms with Gasteiger partial charge in [0.25, 0.3) is 5.91 Å². The van der Waals surface area contributed by atoms with Gasteiger partial charge >= 0.3 is 5.97 Å². The largest absolute Gasteiger partial charge is 0.493 e. The number of ether oxygens (including phenoxy) is 3. The van der Waals surface area contributed by atoms with Gasteiger partial charge in [-0.05, 0) is 90.7 Å². The minimum Gasteiger partial charge on any atom is -0.493 e. The summed E-state index contributed by atoms with van der Waals surface area (Å²) < 4.78 is 15.9. The van der Waals surface area contributed by atoms with Crippen LogP contribution in [0, 0.1) is 0 Å². The van der Waals surface area contributed by atoms with Crippen LogP contribution in [-0.2, 0) is 27.2 Å². The predicted molar refractivity (Wildman–Crippen MR) is 157 cm³/mol. The number of hydrogen-bond acceptors (Lipinski definition) is 7.